The lowest BCUT2D eigenvalue weighted by atomic mass is 10.1. The van der Waals surface area contributed by atoms with Gasteiger partial charge >= 0.3 is 0 Å². The molecule has 0 aromatic heterocycles. The van der Waals surface area contributed by atoms with E-state index in [1.165, 1.54) is 24.0 Å². The summed E-state index contributed by atoms with van der Waals surface area (Å²) in [6, 6.07) is 10.8. The molecule has 0 aliphatic heterocycles. The lowest BCUT2D eigenvalue weighted by Crippen LogP contribution is -2.37. The molecule has 26 heavy (non-hydrogen) atoms. The van der Waals surface area contributed by atoms with Gasteiger partial charge in [-0.1, -0.05) is 18.2 Å². The quantitative estimate of drug-likeness (QED) is 0.806. The smallest absolute Gasteiger partial charge is 0.240 e. The van der Waals surface area contributed by atoms with Gasteiger partial charge < -0.3 is 4.90 Å². The minimum Gasteiger partial charge on any atom is -0.337 e. The number of carbonyl (C=O) groups excluding carboxylic acids is 1. The number of benzene rings is 2. The van der Waals surface area contributed by atoms with E-state index in [1.807, 2.05) is 13.8 Å². The van der Waals surface area contributed by atoms with Crippen LogP contribution in [0.5, 0.6) is 0 Å². The van der Waals surface area contributed by atoms with Crippen LogP contribution >= 0.6 is 0 Å². The first kappa shape index (κ1) is 20.1. The Bertz CT molecular complexity index is 880. The van der Waals surface area contributed by atoms with Gasteiger partial charge in [-0.3, -0.25) is 4.79 Å². The van der Waals surface area contributed by atoms with Crippen molar-refractivity contribution in [2.24, 2.45) is 0 Å². The largest absolute Gasteiger partial charge is 0.337 e. The van der Waals surface area contributed by atoms with E-state index in [9.17, 15) is 17.6 Å². The first-order valence-corrected chi connectivity index (χ1v) is 9.74. The predicted molar refractivity (Wildman–Crippen MR) is 98.6 cm³/mol. The minimum atomic E-state index is -3.64. The number of halogens is 1. The van der Waals surface area contributed by atoms with Crippen LogP contribution in [-0.4, -0.2) is 32.3 Å². The van der Waals surface area contributed by atoms with Crippen LogP contribution in [0.3, 0.4) is 0 Å². The van der Waals surface area contributed by atoms with Crippen molar-refractivity contribution in [3.05, 3.63) is 65.0 Å². The molecule has 0 aliphatic carbocycles. The highest BCUT2D eigenvalue weighted by Crippen LogP contribution is 2.14. The van der Waals surface area contributed by atoms with Crippen LogP contribution in [-0.2, 0) is 21.4 Å². The Hall–Kier alpha value is -2.25. The third-order valence-corrected chi connectivity index (χ3v) is 5.65. The molecule has 0 atom stereocenters. The monoisotopic (exact) mass is 378 g/mol. The standard InChI is InChI=1S/C19H23FN2O3S/c1-14-4-9-19(12-15(14)2)26(24,25)21-10-11-22(16(3)23)13-17-5-7-18(20)8-6-17/h4-9,12,21H,10-11,13H2,1-3H3. The van der Waals surface area contributed by atoms with Crippen LogP contribution < -0.4 is 4.72 Å². The zero-order valence-corrected chi connectivity index (χ0v) is 15.9. The number of hydrogen-bond acceptors (Lipinski definition) is 3. The highest BCUT2D eigenvalue weighted by molar-refractivity contribution is 7.89. The van der Waals surface area contributed by atoms with Crippen molar-refractivity contribution >= 4 is 15.9 Å². The average Bonchev–Trinajstić information content (AvgIpc) is 2.58. The van der Waals surface area contributed by atoms with E-state index in [0.29, 0.717) is 6.54 Å². The molecule has 7 heteroatoms. The molecule has 1 amide bonds. The van der Waals surface area contributed by atoms with Gasteiger partial charge in [0.1, 0.15) is 5.82 Å². The maximum absolute atomic E-state index is 13.0. The van der Waals surface area contributed by atoms with E-state index in [1.54, 1.807) is 30.3 Å². The Labute approximate surface area is 153 Å². The summed E-state index contributed by atoms with van der Waals surface area (Å²) in [5.41, 5.74) is 2.69. The Balaban J connectivity index is 1.99. The van der Waals surface area contributed by atoms with Gasteiger partial charge in [0.25, 0.3) is 0 Å². The van der Waals surface area contributed by atoms with Crippen LogP contribution in [0.2, 0.25) is 0 Å². The summed E-state index contributed by atoms with van der Waals surface area (Å²) in [6.45, 7) is 5.79. The minimum absolute atomic E-state index is 0.0933. The van der Waals surface area contributed by atoms with Crippen LogP contribution in [0.25, 0.3) is 0 Å². The molecule has 0 fully saturated rings. The van der Waals surface area contributed by atoms with Crippen LogP contribution in [0.15, 0.2) is 47.4 Å². The molecule has 0 unspecified atom stereocenters. The molecule has 2 rings (SSSR count). The third-order valence-electron chi connectivity index (χ3n) is 4.19. The first-order chi connectivity index (χ1) is 12.2. The maximum Gasteiger partial charge on any atom is 0.240 e. The second kappa shape index (κ2) is 8.42. The van der Waals surface area contributed by atoms with Gasteiger partial charge in [-0.15, -0.1) is 0 Å². The molecule has 2 aromatic rings. The van der Waals surface area contributed by atoms with Crippen molar-refractivity contribution in [3.63, 3.8) is 0 Å². The summed E-state index contributed by atoms with van der Waals surface area (Å²) >= 11 is 0. The van der Waals surface area contributed by atoms with Crippen LogP contribution in [0, 0.1) is 19.7 Å². The SMILES string of the molecule is CC(=O)N(CCNS(=O)(=O)c1ccc(C)c(C)c1)Cc1ccc(F)cc1. The molecule has 140 valence electrons. The van der Waals surface area contributed by atoms with E-state index < -0.39 is 10.0 Å². The molecule has 2 aromatic carbocycles. The Morgan fingerprint density at radius 3 is 2.31 bits per heavy atom. The molecular formula is C19H23FN2O3S. The zero-order chi connectivity index (χ0) is 19.3. The normalized spacial score (nSPS) is 11.4. The highest BCUT2D eigenvalue weighted by atomic mass is 32.2. The number of nitrogens with zero attached hydrogens (tertiary/aromatic N) is 1. The van der Waals surface area contributed by atoms with E-state index in [0.717, 1.165) is 16.7 Å². The van der Waals surface area contributed by atoms with Crippen molar-refractivity contribution in [2.45, 2.75) is 32.2 Å². The van der Waals surface area contributed by atoms with Crippen LogP contribution in [0.1, 0.15) is 23.6 Å². The number of carbonyl (C=O) groups is 1. The number of rotatable bonds is 7. The summed E-state index contributed by atoms with van der Waals surface area (Å²) in [5.74, 6) is -0.524. The lowest BCUT2D eigenvalue weighted by Gasteiger charge is -2.21. The molecule has 0 spiro atoms. The Kier molecular flexibility index (Phi) is 6.50. The van der Waals surface area contributed by atoms with Gasteiger partial charge in [-0.2, -0.15) is 0 Å². The van der Waals surface area contributed by atoms with E-state index in [2.05, 4.69) is 4.72 Å². The van der Waals surface area contributed by atoms with Gasteiger partial charge in [0.15, 0.2) is 0 Å². The van der Waals surface area contributed by atoms with Crippen molar-refractivity contribution in [2.75, 3.05) is 13.1 Å². The fourth-order valence-electron chi connectivity index (χ4n) is 2.44. The number of aryl methyl sites for hydroxylation is 2. The molecule has 0 bridgehead atoms. The zero-order valence-electron chi connectivity index (χ0n) is 15.1. The van der Waals surface area contributed by atoms with Gasteiger partial charge in [-0.05, 0) is 54.8 Å². The fraction of sp³-hybridized carbons (Fsp3) is 0.316. The summed E-state index contributed by atoms with van der Waals surface area (Å²) in [7, 11) is -3.64. The topological polar surface area (TPSA) is 66.5 Å². The molecule has 0 saturated heterocycles. The molecule has 0 radical (unpaired) electrons. The Morgan fingerprint density at radius 1 is 1.08 bits per heavy atom. The van der Waals surface area contributed by atoms with Gasteiger partial charge in [-0.25, -0.2) is 17.5 Å². The summed E-state index contributed by atoms with van der Waals surface area (Å²) < 4.78 is 40.3. The van der Waals surface area contributed by atoms with Gasteiger partial charge in [0.05, 0.1) is 4.90 Å². The third kappa shape index (κ3) is 5.37. The van der Waals surface area contributed by atoms with Crippen molar-refractivity contribution in [1.82, 2.24) is 9.62 Å². The Morgan fingerprint density at radius 2 is 1.73 bits per heavy atom. The maximum atomic E-state index is 13.0. The molecule has 1 N–H and O–H groups in total. The summed E-state index contributed by atoms with van der Waals surface area (Å²) in [5, 5.41) is 0. The highest BCUT2D eigenvalue weighted by Gasteiger charge is 2.16. The second-order valence-corrected chi connectivity index (χ2v) is 7.98. The van der Waals surface area contributed by atoms with Crippen LogP contribution in [0.4, 0.5) is 4.39 Å². The molecule has 0 heterocycles. The van der Waals surface area contributed by atoms with E-state index in [-0.39, 0.29) is 29.7 Å². The number of sulfonamides is 1. The molecule has 0 aliphatic rings. The van der Waals surface area contributed by atoms with E-state index >= 15 is 0 Å². The molecule has 5 nitrogen and oxygen atoms in total. The summed E-state index contributed by atoms with van der Waals surface area (Å²) in [6.07, 6.45) is 0. The van der Waals surface area contributed by atoms with Gasteiger partial charge in [0, 0.05) is 26.6 Å². The van der Waals surface area contributed by atoms with E-state index in [4.69, 9.17) is 0 Å². The van der Waals surface area contributed by atoms with Crippen molar-refractivity contribution in [1.29, 1.82) is 0 Å². The van der Waals surface area contributed by atoms with Crippen molar-refractivity contribution < 1.29 is 17.6 Å². The van der Waals surface area contributed by atoms with Gasteiger partial charge in [0.2, 0.25) is 15.9 Å². The second-order valence-electron chi connectivity index (χ2n) is 6.21. The average molecular weight is 378 g/mol. The molecular weight excluding hydrogens is 355 g/mol. The van der Waals surface area contributed by atoms with Crippen molar-refractivity contribution in [3.8, 4) is 0 Å². The number of hydrogen-bond donors (Lipinski definition) is 1. The number of amides is 1. The predicted octanol–water partition coefficient (Wildman–Crippen LogP) is 2.77. The lowest BCUT2D eigenvalue weighted by molar-refractivity contribution is -0.129. The molecule has 0 saturated carbocycles. The number of nitrogens with one attached hydrogen (secondary N) is 1. The fourth-order valence-corrected chi connectivity index (χ4v) is 3.54. The summed E-state index contributed by atoms with van der Waals surface area (Å²) in [4.78, 5) is 13.5. The first-order valence-electron chi connectivity index (χ1n) is 8.26.